The highest BCUT2D eigenvalue weighted by molar-refractivity contribution is 6.10. The van der Waals surface area contributed by atoms with Gasteiger partial charge in [-0.3, -0.25) is 19.4 Å². The van der Waals surface area contributed by atoms with Gasteiger partial charge >= 0.3 is 0 Å². The van der Waals surface area contributed by atoms with E-state index in [1.165, 1.54) is 31.3 Å². The zero-order chi connectivity index (χ0) is 25.7. The summed E-state index contributed by atoms with van der Waals surface area (Å²) in [6.45, 7) is 0.365. The molecule has 184 valence electrons. The number of hydrogen-bond donors (Lipinski definition) is 6. The van der Waals surface area contributed by atoms with Crippen LogP contribution in [0, 0.1) is 5.82 Å². The molecule has 0 aliphatic rings. The van der Waals surface area contributed by atoms with Crippen molar-refractivity contribution in [3.63, 3.8) is 0 Å². The summed E-state index contributed by atoms with van der Waals surface area (Å²) in [5.74, 6) is -3.80. The molecule has 0 saturated heterocycles. The minimum Gasteiger partial charge on any atom is -0.504 e. The monoisotopic (exact) mass is 485 g/mol. The first-order chi connectivity index (χ1) is 16.6. The normalized spacial score (nSPS) is 12.7. The van der Waals surface area contributed by atoms with E-state index in [-0.39, 0.29) is 23.2 Å². The number of pyridine rings is 2. The number of aromatic hydroxyl groups is 1. The molecule has 3 rings (SSSR count). The Labute approximate surface area is 198 Å². The van der Waals surface area contributed by atoms with E-state index in [0.29, 0.717) is 12.0 Å². The number of primary amides is 1. The number of aliphatic hydroxyl groups is 2. The molecule has 0 radical (unpaired) electrons. The number of carbonyl (C=O) groups is 3. The van der Waals surface area contributed by atoms with E-state index in [4.69, 9.17) is 5.73 Å². The lowest BCUT2D eigenvalue weighted by molar-refractivity contribution is -0.120. The predicted molar refractivity (Wildman–Crippen MR) is 122 cm³/mol. The number of carbonyl (C=O) groups excluding carboxylic acids is 3. The highest BCUT2D eigenvalue weighted by Gasteiger charge is 2.26. The molecule has 3 aromatic rings. The second kappa shape index (κ2) is 10.8. The molecular weight excluding hydrogens is 461 g/mol. The number of benzene rings is 1. The average Bonchev–Trinajstić information content (AvgIpc) is 2.83. The van der Waals surface area contributed by atoms with Gasteiger partial charge in [-0.15, -0.1) is 0 Å². The molecule has 35 heavy (non-hydrogen) atoms. The van der Waals surface area contributed by atoms with Crippen molar-refractivity contribution in [1.82, 2.24) is 20.6 Å². The maximum atomic E-state index is 13.2. The lowest BCUT2D eigenvalue weighted by Crippen LogP contribution is -2.47. The van der Waals surface area contributed by atoms with Crippen LogP contribution in [0.3, 0.4) is 0 Å². The van der Waals surface area contributed by atoms with Crippen LogP contribution in [0.4, 0.5) is 4.39 Å². The van der Waals surface area contributed by atoms with Crippen LogP contribution in [-0.4, -0.2) is 68.3 Å². The van der Waals surface area contributed by atoms with Gasteiger partial charge in [0.1, 0.15) is 23.1 Å². The zero-order valence-corrected chi connectivity index (χ0v) is 18.7. The molecule has 3 amide bonds. The predicted octanol–water partition coefficient (Wildman–Crippen LogP) is -0.248. The van der Waals surface area contributed by atoms with Crippen LogP contribution >= 0.6 is 0 Å². The number of hydrogen-bond acceptors (Lipinski definition) is 8. The van der Waals surface area contributed by atoms with Crippen molar-refractivity contribution < 1.29 is 34.1 Å². The van der Waals surface area contributed by atoms with E-state index in [2.05, 4.69) is 20.6 Å². The number of nitrogens with one attached hydrogen (secondary N) is 2. The number of halogens is 1. The molecule has 11 nitrogen and oxygen atoms in total. The highest BCUT2D eigenvalue weighted by atomic mass is 19.1. The molecule has 0 saturated carbocycles. The van der Waals surface area contributed by atoms with Crippen molar-refractivity contribution in [2.75, 3.05) is 13.2 Å². The maximum Gasteiger partial charge on any atom is 0.274 e. The van der Waals surface area contributed by atoms with Crippen LogP contribution in [0.1, 0.15) is 39.0 Å². The van der Waals surface area contributed by atoms with Crippen LogP contribution < -0.4 is 16.4 Å². The molecule has 7 N–H and O–H groups in total. The molecule has 2 aromatic heterocycles. The molecule has 1 unspecified atom stereocenters. The van der Waals surface area contributed by atoms with Crippen molar-refractivity contribution in [1.29, 1.82) is 0 Å². The quantitative estimate of drug-likeness (QED) is 0.239. The molecule has 2 atom stereocenters. The third-order valence-corrected chi connectivity index (χ3v) is 5.11. The van der Waals surface area contributed by atoms with Gasteiger partial charge in [0.25, 0.3) is 11.8 Å². The summed E-state index contributed by atoms with van der Waals surface area (Å²) in [5, 5.41) is 34.0. The molecule has 0 bridgehead atoms. The number of rotatable bonds is 9. The molecule has 1 aromatic carbocycles. The van der Waals surface area contributed by atoms with E-state index >= 15 is 0 Å². The average molecular weight is 485 g/mol. The number of aromatic nitrogens is 2. The van der Waals surface area contributed by atoms with Gasteiger partial charge in [-0.1, -0.05) is 12.1 Å². The molecule has 0 spiro atoms. The first-order valence-corrected chi connectivity index (χ1v) is 10.5. The van der Waals surface area contributed by atoms with Crippen LogP contribution in [0.15, 0.2) is 36.5 Å². The largest absolute Gasteiger partial charge is 0.504 e. The number of fused-ring (bicyclic) bond motifs is 1. The van der Waals surface area contributed by atoms with Crippen molar-refractivity contribution in [3.8, 4) is 5.75 Å². The topological polar surface area (TPSA) is 188 Å². The van der Waals surface area contributed by atoms with Gasteiger partial charge in [0.2, 0.25) is 5.91 Å². The Morgan fingerprint density at radius 2 is 1.69 bits per heavy atom. The summed E-state index contributed by atoms with van der Waals surface area (Å²) < 4.78 is 13.2. The molecular formula is C23H24FN5O6. The SMILES string of the molecule is CC(CO)NC(=O)c1nc(C(=O)N[C@@H](CO)C(N)=O)c2cc(Cc3ccc(F)cc3)cnc2c1O. The number of nitrogens with zero attached hydrogens (tertiary/aromatic N) is 2. The number of nitrogens with two attached hydrogens (primary N) is 1. The fraction of sp³-hybridized carbons (Fsp3) is 0.261. The molecule has 0 fully saturated rings. The van der Waals surface area contributed by atoms with Crippen LogP contribution in [-0.2, 0) is 11.2 Å². The third-order valence-electron chi connectivity index (χ3n) is 5.11. The lowest BCUT2D eigenvalue weighted by atomic mass is 10.0. The Bertz CT molecular complexity index is 1270. The Hall–Kier alpha value is -4.16. The lowest BCUT2D eigenvalue weighted by Gasteiger charge is -2.16. The zero-order valence-electron chi connectivity index (χ0n) is 18.7. The van der Waals surface area contributed by atoms with Crippen molar-refractivity contribution in [2.45, 2.75) is 25.4 Å². The second-order valence-electron chi connectivity index (χ2n) is 7.87. The molecule has 12 heteroatoms. The summed E-state index contributed by atoms with van der Waals surface area (Å²) in [6.07, 6.45) is 1.73. The van der Waals surface area contributed by atoms with Crippen molar-refractivity contribution >= 4 is 28.6 Å². The maximum absolute atomic E-state index is 13.2. The summed E-state index contributed by atoms with van der Waals surface area (Å²) in [6, 6.07) is 5.19. The Balaban J connectivity index is 2.12. The Morgan fingerprint density at radius 1 is 1.03 bits per heavy atom. The molecule has 2 heterocycles. The van der Waals surface area contributed by atoms with Gasteiger partial charge < -0.3 is 31.7 Å². The number of amides is 3. The Morgan fingerprint density at radius 3 is 2.29 bits per heavy atom. The summed E-state index contributed by atoms with van der Waals surface area (Å²) in [4.78, 5) is 45.3. The van der Waals surface area contributed by atoms with E-state index < -0.39 is 53.7 Å². The Kier molecular flexibility index (Phi) is 7.89. The third kappa shape index (κ3) is 5.86. The van der Waals surface area contributed by atoms with Gasteiger partial charge in [0.15, 0.2) is 11.4 Å². The fourth-order valence-corrected chi connectivity index (χ4v) is 3.25. The summed E-state index contributed by atoms with van der Waals surface area (Å²) in [5.41, 5.74) is 5.51. The van der Waals surface area contributed by atoms with Gasteiger partial charge in [-0.25, -0.2) is 9.37 Å². The number of aliphatic hydroxyl groups excluding tert-OH is 2. The van der Waals surface area contributed by atoms with Crippen LogP contribution in [0.2, 0.25) is 0 Å². The van der Waals surface area contributed by atoms with Crippen LogP contribution in [0.5, 0.6) is 5.75 Å². The summed E-state index contributed by atoms with van der Waals surface area (Å²) in [7, 11) is 0. The van der Waals surface area contributed by atoms with E-state index in [1.54, 1.807) is 12.1 Å². The highest BCUT2D eigenvalue weighted by Crippen LogP contribution is 2.29. The minimum atomic E-state index is -1.42. The van der Waals surface area contributed by atoms with Crippen molar-refractivity contribution in [3.05, 3.63) is 64.9 Å². The van der Waals surface area contributed by atoms with Crippen LogP contribution in [0.25, 0.3) is 10.9 Å². The first-order valence-electron chi connectivity index (χ1n) is 10.5. The molecule has 0 aliphatic carbocycles. The van der Waals surface area contributed by atoms with E-state index in [1.807, 2.05) is 0 Å². The van der Waals surface area contributed by atoms with Gasteiger partial charge in [-0.05, 0) is 42.7 Å². The second-order valence-corrected chi connectivity index (χ2v) is 7.87. The smallest absolute Gasteiger partial charge is 0.274 e. The minimum absolute atomic E-state index is 0.0625. The summed E-state index contributed by atoms with van der Waals surface area (Å²) >= 11 is 0. The van der Waals surface area contributed by atoms with E-state index in [9.17, 15) is 34.1 Å². The van der Waals surface area contributed by atoms with Gasteiger partial charge in [0, 0.05) is 17.6 Å². The molecule has 0 aliphatic heterocycles. The van der Waals surface area contributed by atoms with E-state index in [0.717, 1.165) is 5.56 Å². The first kappa shape index (κ1) is 25.5. The fourth-order valence-electron chi connectivity index (χ4n) is 3.25. The van der Waals surface area contributed by atoms with Gasteiger partial charge in [-0.2, -0.15) is 0 Å². The van der Waals surface area contributed by atoms with Crippen molar-refractivity contribution in [2.24, 2.45) is 5.73 Å². The van der Waals surface area contributed by atoms with Gasteiger partial charge in [0.05, 0.1) is 13.2 Å². The standard InChI is InChI=1S/C23H24FN5O6/c1-11(9-30)27-23(35)19-20(32)17-15(18(29-19)22(34)28-16(10-31)21(25)33)7-13(8-26-17)6-12-2-4-14(24)5-3-12/h2-5,7-8,11,16,30-32H,6,9-10H2,1H3,(H2,25,33)(H,27,35)(H,28,34)/t11?,16-/m0/s1.